The van der Waals surface area contributed by atoms with Crippen LogP contribution in [-0.4, -0.2) is 21.2 Å². The van der Waals surface area contributed by atoms with E-state index in [0.717, 1.165) is 39.7 Å². The molecule has 5 nitrogen and oxygen atoms in total. The van der Waals surface area contributed by atoms with E-state index in [1.165, 1.54) is 6.92 Å². The van der Waals surface area contributed by atoms with Crippen LogP contribution in [0.25, 0.3) is 16.5 Å². The van der Waals surface area contributed by atoms with Crippen molar-refractivity contribution >= 4 is 28.2 Å². The van der Waals surface area contributed by atoms with Gasteiger partial charge >= 0.3 is 0 Å². The standard InChI is InChI=1S/C22H23N3O2/c1-13-12-25(19-8-22(3,4)9-20(27)21(13)19)16-6-5-15-10-23-11-18(17(15)7-16)24-14(2)26/h5-7,10-12H,8-9H2,1-4H3,(H,24,26). The van der Waals surface area contributed by atoms with Crippen molar-refractivity contribution in [2.75, 3.05) is 5.32 Å². The van der Waals surface area contributed by atoms with Gasteiger partial charge in [0.25, 0.3) is 0 Å². The smallest absolute Gasteiger partial charge is 0.221 e. The van der Waals surface area contributed by atoms with Gasteiger partial charge in [-0.2, -0.15) is 0 Å². The van der Waals surface area contributed by atoms with Crippen LogP contribution in [0, 0.1) is 12.3 Å². The van der Waals surface area contributed by atoms with E-state index in [9.17, 15) is 9.59 Å². The summed E-state index contributed by atoms with van der Waals surface area (Å²) in [7, 11) is 0. The Kier molecular flexibility index (Phi) is 3.91. The van der Waals surface area contributed by atoms with E-state index in [0.29, 0.717) is 12.1 Å². The number of ketones is 1. The second kappa shape index (κ2) is 6.05. The predicted octanol–water partition coefficient (Wildman–Crippen LogP) is 4.45. The van der Waals surface area contributed by atoms with E-state index in [1.807, 2.05) is 31.3 Å². The van der Waals surface area contributed by atoms with Crippen LogP contribution in [0.15, 0.2) is 36.8 Å². The number of aromatic nitrogens is 2. The highest BCUT2D eigenvalue weighted by Crippen LogP contribution is 2.38. The number of hydrogen-bond donors (Lipinski definition) is 1. The summed E-state index contributed by atoms with van der Waals surface area (Å²) in [5.74, 6) is 0.0951. The molecule has 138 valence electrons. The Morgan fingerprint density at radius 3 is 2.74 bits per heavy atom. The molecule has 0 unspecified atom stereocenters. The zero-order valence-corrected chi connectivity index (χ0v) is 16.1. The highest BCUT2D eigenvalue weighted by molar-refractivity contribution is 6.02. The van der Waals surface area contributed by atoms with Crippen LogP contribution >= 0.6 is 0 Å². The lowest BCUT2D eigenvalue weighted by Gasteiger charge is -2.30. The highest BCUT2D eigenvalue weighted by Gasteiger charge is 2.34. The number of nitrogens with one attached hydrogen (secondary N) is 1. The molecular weight excluding hydrogens is 338 g/mol. The number of Topliss-reactive ketones (excluding diaryl/α,β-unsaturated/α-hetero) is 1. The molecule has 1 amide bonds. The zero-order chi connectivity index (χ0) is 19.3. The van der Waals surface area contributed by atoms with Crippen LogP contribution in [0.2, 0.25) is 0 Å². The molecule has 1 aliphatic rings. The molecule has 0 bridgehead atoms. The number of benzene rings is 1. The van der Waals surface area contributed by atoms with Crippen molar-refractivity contribution in [3.8, 4) is 5.69 Å². The second-order valence-electron chi connectivity index (χ2n) is 8.22. The minimum Gasteiger partial charge on any atom is -0.324 e. The number of hydrogen-bond acceptors (Lipinski definition) is 3. The third kappa shape index (κ3) is 3.03. The predicted molar refractivity (Wildman–Crippen MR) is 107 cm³/mol. The summed E-state index contributed by atoms with van der Waals surface area (Å²) >= 11 is 0. The number of fused-ring (bicyclic) bond motifs is 2. The first-order valence-corrected chi connectivity index (χ1v) is 9.15. The Bertz CT molecular complexity index is 1090. The lowest BCUT2D eigenvalue weighted by molar-refractivity contribution is -0.114. The molecule has 0 saturated heterocycles. The van der Waals surface area contributed by atoms with Crippen molar-refractivity contribution in [2.45, 2.75) is 40.5 Å². The van der Waals surface area contributed by atoms with E-state index >= 15 is 0 Å². The monoisotopic (exact) mass is 361 g/mol. The van der Waals surface area contributed by atoms with Crippen molar-refractivity contribution < 1.29 is 9.59 Å². The molecule has 0 atom stereocenters. The highest BCUT2D eigenvalue weighted by atomic mass is 16.1. The molecule has 1 N–H and O–H groups in total. The Labute approximate surface area is 158 Å². The van der Waals surface area contributed by atoms with Gasteiger partial charge in [0.2, 0.25) is 5.91 Å². The first-order valence-electron chi connectivity index (χ1n) is 9.15. The van der Waals surface area contributed by atoms with Gasteiger partial charge in [-0.25, -0.2) is 0 Å². The number of pyridine rings is 1. The quantitative estimate of drug-likeness (QED) is 0.733. The van der Waals surface area contributed by atoms with Crippen LogP contribution in [0.4, 0.5) is 5.69 Å². The molecule has 1 aromatic carbocycles. The van der Waals surface area contributed by atoms with Gasteiger partial charge in [0.1, 0.15) is 0 Å². The first-order chi connectivity index (χ1) is 12.7. The maximum Gasteiger partial charge on any atom is 0.221 e. The van der Waals surface area contributed by atoms with Gasteiger partial charge in [0.05, 0.1) is 11.9 Å². The van der Waals surface area contributed by atoms with Gasteiger partial charge < -0.3 is 9.88 Å². The zero-order valence-electron chi connectivity index (χ0n) is 16.1. The van der Waals surface area contributed by atoms with E-state index in [4.69, 9.17) is 0 Å². The number of anilines is 1. The van der Waals surface area contributed by atoms with Crippen molar-refractivity contribution in [2.24, 2.45) is 5.41 Å². The van der Waals surface area contributed by atoms with Crippen LogP contribution in [0.3, 0.4) is 0 Å². The maximum absolute atomic E-state index is 12.7. The summed E-state index contributed by atoms with van der Waals surface area (Å²) in [5.41, 5.74) is 4.58. The topological polar surface area (TPSA) is 64.0 Å². The Morgan fingerprint density at radius 1 is 1.22 bits per heavy atom. The Hall–Kier alpha value is -2.95. The van der Waals surface area contributed by atoms with Gasteiger partial charge in [-0.05, 0) is 36.5 Å². The summed E-state index contributed by atoms with van der Waals surface area (Å²) in [6, 6.07) is 6.09. The first kappa shape index (κ1) is 17.5. The molecule has 2 heterocycles. The van der Waals surface area contributed by atoms with Crippen LogP contribution in [-0.2, 0) is 11.2 Å². The molecule has 4 rings (SSSR count). The molecular formula is C22H23N3O2. The fraction of sp³-hybridized carbons (Fsp3) is 0.318. The largest absolute Gasteiger partial charge is 0.324 e. The van der Waals surface area contributed by atoms with E-state index in [2.05, 4.69) is 28.7 Å². The van der Waals surface area contributed by atoms with Gasteiger partial charge in [-0.3, -0.25) is 14.6 Å². The lowest BCUT2D eigenvalue weighted by Crippen LogP contribution is -2.28. The average Bonchev–Trinajstić information content (AvgIpc) is 2.89. The maximum atomic E-state index is 12.7. The number of aryl methyl sites for hydroxylation is 1. The van der Waals surface area contributed by atoms with Gasteiger partial charge in [-0.1, -0.05) is 19.9 Å². The molecule has 5 heteroatoms. The lowest BCUT2D eigenvalue weighted by atomic mass is 9.75. The fourth-order valence-electron chi connectivity index (χ4n) is 4.10. The Morgan fingerprint density at radius 2 is 2.00 bits per heavy atom. The Balaban J connectivity index is 1.90. The SMILES string of the molecule is CC(=O)Nc1cncc2ccc(-n3cc(C)c4c3CC(C)(C)CC4=O)cc12. The number of amides is 1. The minimum atomic E-state index is -0.128. The molecule has 0 radical (unpaired) electrons. The fourth-order valence-corrected chi connectivity index (χ4v) is 4.10. The van der Waals surface area contributed by atoms with Gasteiger partial charge in [0.15, 0.2) is 5.78 Å². The molecule has 27 heavy (non-hydrogen) atoms. The molecule has 0 saturated carbocycles. The summed E-state index contributed by atoms with van der Waals surface area (Å²) in [5, 5.41) is 4.74. The third-order valence-corrected chi connectivity index (χ3v) is 5.19. The van der Waals surface area contributed by atoms with Crippen LogP contribution < -0.4 is 5.32 Å². The number of carbonyl (C=O) groups excluding carboxylic acids is 2. The van der Waals surface area contributed by atoms with E-state index in [1.54, 1.807) is 12.4 Å². The van der Waals surface area contributed by atoms with Crippen molar-refractivity contribution in [3.05, 3.63) is 53.6 Å². The van der Waals surface area contributed by atoms with E-state index < -0.39 is 0 Å². The molecule has 0 aliphatic heterocycles. The minimum absolute atomic E-state index is 0.0469. The normalized spacial score (nSPS) is 15.6. The number of carbonyl (C=O) groups is 2. The van der Waals surface area contributed by atoms with E-state index in [-0.39, 0.29) is 17.1 Å². The van der Waals surface area contributed by atoms with Crippen molar-refractivity contribution in [1.82, 2.24) is 9.55 Å². The summed E-state index contributed by atoms with van der Waals surface area (Å²) in [6.45, 7) is 7.77. The second-order valence-corrected chi connectivity index (χ2v) is 8.22. The van der Waals surface area contributed by atoms with Crippen LogP contribution in [0.1, 0.15) is 48.8 Å². The summed E-state index contributed by atoms with van der Waals surface area (Å²) in [6.07, 6.45) is 6.93. The average molecular weight is 361 g/mol. The van der Waals surface area contributed by atoms with Crippen molar-refractivity contribution in [3.63, 3.8) is 0 Å². The number of rotatable bonds is 2. The summed E-state index contributed by atoms with van der Waals surface area (Å²) in [4.78, 5) is 28.4. The molecule has 1 aliphatic carbocycles. The third-order valence-electron chi connectivity index (χ3n) is 5.19. The van der Waals surface area contributed by atoms with Crippen LogP contribution in [0.5, 0.6) is 0 Å². The summed E-state index contributed by atoms with van der Waals surface area (Å²) < 4.78 is 2.13. The molecule has 3 aromatic rings. The van der Waals surface area contributed by atoms with Gasteiger partial charge in [0, 0.05) is 53.5 Å². The molecule has 0 fully saturated rings. The van der Waals surface area contributed by atoms with Crippen molar-refractivity contribution in [1.29, 1.82) is 0 Å². The molecule has 2 aromatic heterocycles. The van der Waals surface area contributed by atoms with Gasteiger partial charge in [-0.15, -0.1) is 0 Å². The molecule has 0 spiro atoms. The number of nitrogens with zero attached hydrogens (tertiary/aromatic N) is 2.